The van der Waals surface area contributed by atoms with Crippen molar-refractivity contribution in [3.63, 3.8) is 0 Å². The molecule has 24 heavy (non-hydrogen) atoms. The molecule has 0 amide bonds. The Labute approximate surface area is 168 Å². The maximum absolute atomic E-state index is 6.30. The van der Waals surface area contributed by atoms with E-state index in [0.717, 1.165) is 36.0 Å². The molecule has 1 saturated heterocycles. The van der Waals surface area contributed by atoms with Crippen molar-refractivity contribution in [3.05, 3.63) is 33.9 Å². The second kappa shape index (κ2) is 8.60. The summed E-state index contributed by atoms with van der Waals surface area (Å²) in [4.78, 5) is 9.76. The van der Waals surface area contributed by atoms with Gasteiger partial charge in [-0.1, -0.05) is 23.2 Å². The highest BCUT2D eigenvalue weighted by atomic mass is 127. The van der Waals surface area contributed by atoms with Gasteiger partial charge >= 0.3 is 0 Å². The number of guanidine groups is 1. The Hall–Kier alpha value is -0.700. The summed E-state index contributed by atoms with van der Waals surface area (Å²) in [6, 6.07) is 3.63. The number of aliphatic imine (C=N–C) groups is 1. The number of benzene rings is 1. The van der Waals surface area contributed by atoms with E-state index in [1.54, 1.807) is 6.07 Å². The molecule has 3 N–H and O–H groups in total. The van der Waals surface area contributed by atoms with Crippen LogP contribution >= 0.6 is 47.2 Å². The maximum Gasteiger partial charge on any atom is 0.191 e. The van der Waals surface area contributed by atoms with Crippen LogP contribution in [0.15, 0.2) is 23.3 Å². The molecule has 0 radical (unpaired) electrons. The number of fused-ring (bicyclic) bond motifs is 1. The third-order valence-corrected chi connectivity index (χ3v) is 4.51. The Morgan fingerprint density at radius 3 is 3.00 bits per heavy atom. The Morgan fingerprint density at radius 1 is 1.46 bits per heavy atom. The van der Waals surface area contributed by atoms with Gasteiger partial charge in [0.05, 0.1) is 17.7 Å². The molecule has 2 aromatic rings. The van der Waals surface area contributed by atoms with Crippen LogP contribution in [0.1, 0.15) is 12.5 Å². The molecule has 0 spiro atoms. The number of morpholine rings is 1. The summed E-state index contributed by atoms with van der Waals surface area (Å²) >= 11 is 12.3. The Morgan fingerprint density at radius 2 is 2.25 bits per heavy atom. The van der Waals surface area contributed by atoms with Gasteiger partial charge in [-0.3, -0.25) is 4.99 Å². The third-order valence-electron chi connectivity index (χ3n) is 4.00. The number of nitrogens with zero attached hydrogens (tertiary/aromatic N) is 2. The van der Waals surface area contributed by atoms with E-state index < -0.39 is 0 Å². The lowest BCUT2D eigenvalue weighted by molar-refractivity contribution is 0.00530. The fraction of sp³-hybridized carbons (Fsp3) is 0.438. The van der Waals surface area contributed by atoms with Crippen LogP contribution in [0.4, 0.5) is 0 Å². The molecule has 2 heterocycles. The minimum Gasteiger partial charge on any atom is -0.375 e. The molecule has 1 aromatic carbocycles. The van der Waals surface area contributed by atoms with E-state index in [4.69, 9.17) is 33.7 Å². The number of ether oxygens (including phenoxy) is 1. The van der Waals surface area contributed by atoms with Crippen molar-refractivity contribution < 1.29 is 4.74 Å². The van der Waals surface area contributed by atoms with Gasteiger partial charge in [-0.25, -0.2) is 0 Å². The standard InChI is InChI=1S/C16H20Cl2N4O.HI/c1-10-9-22(4-5-23-10)16(19)20-3-2-11-8-21-14-7-12(17)6-13(18)15(11)14;/h6-8,10,21H,2-5,9H2,1H3,(H2,19,20);1H. The summed E-state index contributed by atoms with van der Waals surface area (Å²) in [5.74, 6) is 0.578. The first-order valence-electron chi connectivity index (χ1n) is 7.66. The van der Waals surface area contributed by atoms with Gasteiger partial charge in [-0.05, 0) is 31.0 Å². The van der Waals surface area contributed by atoms with Crippen LogP contribution in [0, 0.1) is 0 Å². The summed E-state index contributed by atoms with van der Waals surface area (Å²) in [6.07, 6.45) is 2.91. The lowest BCUT2D eigenvalue weighted by Gasteiger charge is -2.31. The van der Waals surface area contributed by atoms with Crippen molar-refractivity contribution >= 4 is 64.0 Å². The van der Waals surface area contributed by atoms with Crippen LogP contribution in [-0.2, 0) is 11.2 Å². The van der Waals surface area contributed by atoms with Crippen LogP contribution in [0.2, 0.25) is 10.0 Å². The molecule has 3 rings (SSSR count). The molecule has 0 bridgehead atoms. The van der Waals surface area contributed by atoms with Crippen LogP contribution in [0.25, 0.3) is 10.9 Å². The summed E-state index contributed by atoms with van der Waals surface area (Å²) in [5.41, 5.74) is 8.14. The smallest absolute Gasteiger partial charge is 0.191 e. The molecule has 0 saturated carbocycles. The number of aromatic amines is 1. The van der Waals surface area contributed by atoms with E-state index >= 15 is 0 Å². The van der Waals surface area contributed by atoms with Gasteiger partial charge in [-0.15, -0.1) is 24.0 Å². The van der Waals surface area contributed by atoms with Gasteiger partial charge in [0, 0.05) is 41.8 Å². The summed E-state index contributed by atoms with van der Waals surface area (Å²) < 4.78 is 5.51. The molecule has 0 aliphatic carbocycles. The number of H-pyrrole nitrogens is 1. The van der Waals surface area contributed by atoms with Gasteiger partial charge in [0.15, 0.2) is 5.96 Å². The van der Waals surface area contributed by atoms with Crippen molar-refractivity contribution in [2.24, 2.45) is 10.7 Å². The lowest BCUT2D eigenvalue weighted by Crippen LogP contribution is -2.47. The predicted octanol–water partition coefficient (Wildman–Crippen LogP) is 3.67. The van der Waals surface area contributed by atoms with E-state index in [1.165, 1.54) is 0 Å². The van der Waals surface area contributed by atoms with Crippen molar-refractivity contribution in [2.75, 3.05) is 26.2 Å². The molecule has 5 nitrogen and oxygen atoms in total. The van der Waals surface area contributed by atoms with E-state index in [-0.39, 0.29) is 30.1 Å². The van der Waals surface area contributed by atoms with Gasteiger partial charge in [0.25, 0.3) is 0 Å². The van der Waals surface area contributed by atoms with Gasteiger partial charge in [0.2, 0.25) is 0 Å². The molecule has 8 heteroatoms. The second-order valence-electron chi connectivity index (χ2n) is 5.74. The van der Waals surface area contributed by atoms with Crippen LogP contribution < -0.4 is 5.73 Å². The first kappa shape index (κ1) is 19.6. The fourth-order valence-corrected chi connectivity index (χ4v) is 3.48. The van der Waals surface area contributed by atoms with Crippen LogP contribution in [0.3, 0.4) is 0 Å². The Balaban J connectivity index is 0.00000208. The fourth-order valence-electron chi connectivity index (χ4n) is 2.87. The number of nitrogens with two attached hydrogens (primary N) is 1. The minimum absolute atomic E-state index is 0. The van der Waals surface area contributed by atoms with E-state index in [0.29, 0.717) is 29.2 Å². The first-order valence-corrected chi connectivity index (χ1v) is 8.41. The minimum atomic E-state index is 0. The quantitative estimate of drug-likeness (QED) is 0.398. The zero-order chi connectivity index (χ0) is 16.4. The largest absolute Gasteiger partial charge is 0.375 e. The number of aromatic nitrogens is 1. The maximum atomic E-state index is 6.30. The monoisotopic (exact) mass is 482 g/mol. The highest BCUT2D eigenvalue weighted by Crippen LogP contribution is 2.30. The molecule has 1 aliphatic rings. The van der Waals surface area contributed by atoms with Crippen molar-refractivity contribution in [1.29, 1.82) is 0 Å². The van der Waals surface area contributed by atoms with Crippen molar-refractivity contribution in [1.82, 2.24) is 9.88 Å². The average molecular weight is 483 g/mol. The number of hydrogen-bond acceptors (Lipinski definition) is 2. The topological polar surface area (TPSA) is 66.6 Å². The number of rotatable bonds is 3. The zero-order valence-electron chi connectivity index (χ0n) is 13.4. The molecule has 1 fully saturated rings. The molecular weight excluding hydrogens is 462 g/mol. The highest BCUT2D eigenvalue weighted by molar-refractivity contribution is 14.0. The third kappa shape index (κ3) is 4.47. The Kier molecular flexibility index (Phi) is 7.03. The van der Waals surface area contributed by atoms with E-state index in [9.17, 15) is 0 Å². The van der Waals surface area contributed by atoms with Gasteiger partial charge in [0.1, 0.15) is 0 Å². The molecule has 132 valence electrons. The van der Waals surface area contributed by atoms with Crippen molar-refractivity contribution in [3.8, 4) is 0 Å². The van der Waals surface area contributed by atoms with Crippen LogP contribution in [0.5, 0.6) is 0 Å². The van der Waals surface area contributed by atoms with Gasteiger partial charge in [-0.2, -0.15) is 0 Å². The molecular formula is C16H21Cl2IN4O. The van der Waals surface area contributed by atoms with Crippen molar-refractivity contribution in [2.45, 2.75) is 19.4 Å². The molecule has 1 aliphatic heterocycles. The zero-order valence-corrected chi connectivity index (χ0v) is 17.2. The molecule has 1 aromatic heterocycles. The van der Waals surface area contributed by atoms with Gasteiger partial charge < -0.3 is 20.4 Å². The number of halogens is 3. The van der Waals surface area contributed by atoms with E-state index in [2.05, 4.69) is 14.9 Å². The number of hydrogen-bond donors (Lipinski definition) is 2. The molecule has 1 atom stereocenters. The number of nitrogens with one attached hydrogen (secondary N) is 1. The summed E-state index contributed by atoms with van der Waals surface area (Å²) in [5, 5.41) is 2.28. The SMILES string of the molecule is CC1CN(C(N)=NCCc2c[nH]c3cc(Cl)cc(Cl)c23)CCO1.I. The lowest BCUT2D eigenvalue weighted by atomic mass is 10.1. The summed E-state index contributed by atoms with van der Waals surface area (Å²) in [6.45, 7) is 4.92. The molecule has 1 unspecified atom stereocenters. The Bertz CT molecular complexity index is 734. The second-order valence-corrected chi connectivity index (χ2v) is 6.59. The average Bonchev–Trinajstić information content (AvgIpc) is 2.90. The predicted molar refractivity (Wildman–Crippen MR) is 111 cm³/mol. The summed E-state index contributed by atoms with van der Waals surface area (Å²) in [7, 11) is 0. The van der Waals surface area contributed by atoms with E-state index in [1.807, 2.05) is 19.2 Å². The normalized spacial score (nSPS) is 18.7. The van der Waals surface area contributed by atoms with Crippen LogP contribution in [-0.4, -0.2) is 48.2 Å². The first-order chi connectivity index (χ1) is 11.0. The highest BCUT2D eigenvalue weighted by Gasteiger charge is 2.18.